The molecule has 3 saturated heterocycles. The van der Waals surface area contributed by atoms with Crippen molar-refractivity contribution in [3.63, 3.8) is 0 Å². The summed E-state index contributed by atoms with van der Waals surface area (Å²) in [7, 11) is 0. The van der Waals surface area contributed by atoms with Crippen LogP contribution in [0.2, 0.25) is 5.02 Å². The van der Waals surface area contributed by atoms with Crippen molar-refractivity contribution in [2.75, 3.05) is 70.7 Å². The van der Waals surface area contributed by atoms with E-state index in [0.29, 0.717) is 43.3 Å². The van der Waals surface area contributed by atoms with Crippen molar-refractivity contribution < 1.29 is 18.8 Å². The van der Waals surface area contributed by atoms with Crippen LogP contribution in [0.3, 0.4) is 0 Å². The molecular weight excluding hydrogens is 933 g/mol. The first-order valence-electron chi connectivity index (χ1n) is 23.0. The first kappa shape index (κ1) is 47.7. The lowest BCUT2D eigenvalue weighted by molar-refractivity contribution is -0.120. The van der Waals surface area contributed by atoms with E-state index in [2.05, 4.69) is 50.5 Å². The van der Waals surface area contributed by atoms with Crippen LogP contribution in [0.15, 0.2) is 90.0 Å². The van der Waals surface area contributed by atoms with Gasteiger partial charge in [0.05, 0.1) is 44.8 Å². The highest BCUT2D eigenvalue weighted by Crippen LogP contribution is 2.38. The molecule has 2 aromatic carbocycles. The van der Waals surface area contributed by atoms with Gasteiger partial charge in [-0.05, 0) is 130 Å². The Labute approximate surface area is 413 Å². The van der Waals surface area contributed by atoms with Gasteiger partial charge in [-0.3, -0.25) is 34.0 Å². The molecule has 7 heterocycles. The number of H-pyrrole nitrogens is 1. The zero-order valence-electron chi connectivity index (χ0n) is 38.7. The van der Waals surface area contributed by atoms with Crippen molar-refractivity contribution in [3.8, 4) is 6.07 Å². The Morgan fingerprint density at radius 3 is 2.31 bits per heavy atom. The third kappa shape index (κ3) is 9.75. The van der Waals surface area contributed by atoms with Gasteiger partial charge in [0.15, 0.2) is 16.7 Å². The standard InChI is InChI=1S/C50H49ClFN13O4S/c1-4-32-22-41-42(57-45(32)66)21-31(27-54-41)29-61-17-19-62(20-18-61)36-8-10-40(55-28-36)47(68)56-26-30-13-15-63(16-14-30)44-12-11-43(59-60-44)58-46(67)37-9-7-35(24-39(37)52)65-49(70)64(48(69)50(65,2)3)34-6-5-33(25-53)38(51)23-34/h5-12,21-24,27-28,30H,4,13-20,26,29H2,1-3H3,(H,56,68)(H,57,66)(H,58,59,67). The van der Waals surface area contributed by atoms with Gasteiger partial charge >= 0.3 is 0 Å². The molecule has 0 spiro atoms. The first-order chi connectivity index (χ1) is 33.7. The molecule has 3 N–H and O–H groups in total. The number of piperazine rings is 1. The van der Waals surface area contributed by atoms with Crippen LogP contribution < -0.4 is 35.8 Å². The van der Waals surface area contributed by atoms with Gasteiger partial charge in [-0.15, -0.1) is 10.2 Å². The summed E-state index contributed by atoms with van der Waals surface area (Å²) in [5, 5.41) is 23.7. The van der Waals surface area contributed by atoms with Crippen molar-refractivity contribution in [2.24, 2.45) is 5.92 Å². The molecule has 20 heteroatoms. The molecule has 0 radical (unpaired) electrons. The van der Waals surface area contributed by atoms with Crippen LogP contribution in [-0.4, -0.2) is 104 Å². The number of anilines is 5. The van der Waals surface area contributed by atoms with Gasteiger partial charge < -0.3 is 30.3 Å². The minimum absolute atomic E-state index is 0.0648. The average molecular weight is 983 g/mol. The Morgan fingerprint density at radius 2 is 1.64 bits per heavy atom. The minimum Gasteiger partial charge on any atom is -0.368 e. The second-order valence-electron chi connectivity index (χ2n) is 18.0. The lowest BCUT2D eigenvalue weighted by Crippen LogP contribution is -2.46. The van der Waals surface area contributed by atoms with Crippen LogP contribution >= 0.6 is 23.8 Å². The predicted octanol–water partition coefficient (Wildman–Crippen LogP) is 6.47. The van der Waals surface area contributed by atoms with Crippen LogP contribution in [0, 0.1) is 23.1 Å². The van der Waals surface area contributed by atoms with Gasteiger partial charge in [0.25, 0.3) is 23.3 Å². The predicted molar refractivity (Wildman–Crippen MR) is 270 cm³/mol. The minimum atomic E-state index is -1.21. The fourth-order valence-corrected chi connectivity index (χ4v) is 9.84. The summed E-state index contributed by atoms with van der Waals surface area (Å²) < 4.78 is 15.6. The third-order valence-corrected chi connectivity index (χ3v) is 13.8. The van der Waals surface area contributed by atoms with E-state index in [1.807, 2.05) is 37.4 Å². The van der Waals surface area contributed by atoms with Crippen molar-refractivity contribution in [1.29, 1.82) is 5.26 Å². The zero-order chi connectivity index (χ0) is 49.3. The van der Waals surface area contributed by atoms with Crippen LogP contribution in [0.5, 0.6) is 0 Å². The van der Waals surface area contributed by atoms with Gasteiger partial charge in [0, 0.05) is 69.8 Å². The zero-order valence-corrected chi connectivity index (χ0v) is 40.3. The lowest BCUT2D eigenvalue weighted by atomic mass is 9.96. The van der Waals surface area contributed by atoms with Gasteiger partial charge in [-0.1, -0.05) is 18.5 Å². The monoisotopic (exact) mass is 981 g/mol. The van der Waals surface area contributed by atoms with Crippen LogP contribution in [0.1, 0.15) is 71.1 Å². The molecule has 70 heavy (non-hydrogen) atoms. The highest BCUT2D eigenvalue weighted by atomic mass is 35.5. The van der Waals surface area contributed by atoms with E-state index in [1.165, 1.54) is 34.1 Å². The molecule has 0 atom stereocenters. The molecule has 3 fully saturated rings. The number of nitriles is 1. The molecular formula is C50H49ClFN13O4S. The Balaban J connectivity index is 0.713. The van der Waals surface area contributed by atoms with E-state index >= 15 is 4.39 Å². The van der Waals surface area contributed by atoms with Crippen molar-refractivity contribution >= 4 is 86.4 Å². The number of nitrogens with one attached hydrogen (secondary N) is 3. The largest absolute Gasteiger partial charge is 0.368 e. The summed E-state index contributed by atoms with van der Waals surface area (Å²) in [5.74, 6) is -1.14. The van der Waals surface area contributed by atoms with E-state index < -0.39 is 17.3 Å². The maximum atomic E-state index is 15.6. The molecule has 6 aromatic rings. The molecule has 0 saturated carbocycles. The van der Waals surface area contributed by atoms with Crippen molar-refractivity contribution in [1.82, 2.24) is 35.4 Å². The topological polar surface area (TPSA) is 200 Å². The molecule has 4 aromatic heterocycles. The highest BCUT2D eigenvalue weighted by Gasteiger charge is 2.50. The van der Waals surface area contributed by atoms with Gasteiger partial charge in [-0.25, -0.2) is 9.37 Å². The maximum absolute atomic E-state index is 15.6. The number of aromatic nitrogens is 5. The molecule has 17 nitrogen and oxygen atoms in total. The lowest BCUT2D eigenvalue weighted by Gasteiger charge is -2.36. The number of hydrogen-bond donors (Lipinski definition) is 3. The second kappa shape index (κ2) is 19.9. The summed E-state index contributed by atoms with van der Waals surface area (Å²) in [4.78, 5) is 73.8. The van der Waals surface area contributed by atoms with Crippen molar-refractivity contribution in [3.05, 3.63) is 134 Å². The summed E-state index contributed by atoms with van der Waals surface area (Å²) >= 11 is 11.9. The number of aryl methyl sites for hydroxylation is 1. The van der Waals surface area contributed by atoms with Crippen LogP contribution in [0.25, 0.3) is 11.0 Å². The third-order valence-electron chi connectivity index (χ3n) is 13.2. The highest BCUT2D eigenvalue weighted by molar-refractivity contribution is 7.81. The fraction of sp³-hybridized carbons (Fsp3) is 0.320. The van der Waals surface area contributed by atoms with E-state index in [-0.39, 0.29) is 56.1 Å². The van der Waals surface area contributed by atoms with E-state index in [1.54, 1.807) is 44.3 Å². The molecule has 3 amide bonds. The molecule has 358 valence electrons. The molecule has 0 bridgehead atoms. The number of nitrogens with zero attached hydrogens (tertiary/aromatic N) is 10. The number of fused-ring (bicyclic) bond motifs is 1. The first-order valence-corrected chi connectivity index (χ1v) is 23.8. The molecule has 3 aliphatic rings. The van der Waals surface area contributed by atoms with E-state index in [4.69, 9.17) is 23.8 Å². The number of pyridine rings is 3. The normalized spacial score (nSPS) is 16.5. The molecule has 0 unspecified atom stereocenters. The quantitative estimate of drug-likeness (QED) is 0.113. The SMILES string of the molecule is CCc1cc2ncc(CN3CCN(c4ccc(C(=O)NCC5CCN(c6ccc(NC(=O)c7ccc(N8C(=S)N(c9ccc(C#N)c(Cl)c9)C(=O)C8(C)C)cc7F)nn6)CC5)nc4)CC3)cc2[nH]c1=O. The number of rotatable bonds is 12. The second-order valence-corrected chi connectivity index (χ2v) is 18.8. The Bertz CT molecular complexity index is 3110. The maximum Gasteiger partial charge on any atom is 0.269 e. The van der Waals surface area contributed by atoms with Gasteiger partial charge in [-0.2, -0.15) is 5.26 Å². The summed E-state index contributed by atoms with van der Waals surface area (Å²) in [6.45, 7) is 11.2. The number of piperidine rings is 1. The summed E-state index contributed by atoms with van der Waals surface area (Å²) in [5.41, 5.74) is 4.01. The number of amides is 3. The Morgan fingerprint density at radius 1 is 0.886 bits per heavy atom. The van der Waals surface area contributed by atoms with E-state index in [9.17, 15) is 24.4 Å². The molecule has 3 aliphatic heterocycles. The smallest absolute Gasteiger partial charge is 0.269 e. The molecule has 9 rings (SSSR count). The van der Waals surface area contributed by atoms with Crippen molar-refractivity contribution in [2.45, 2.75) is 52.1 Å². The van der Waals surface area contributed by atoms with Gasteiger partial charge in [0.1, 0.15) is 23.1 Å². The number of aromatic amines is 1. The summed E-state index contributed by atoms with van der Waals surface area (Å²) in [6.07, 6.45) is 5.94. The Kier molecular flexibility index (Phi) is 13.6. The number of carbonyl (C=O) groups is 3. The fourth-order valence-electron chi connectivity index (χ4n) is 9.10. The number of hydrogen-bond acceptors (Lipinski definition) is 13. The van der Waals surface area contributed by atoms with Crippen LogP contribution in [0.4, 0.5) is 33.1 Å². The summed E-state index contributed by atoms with van der Waals surface area (Å²) in [6, 6.07) is 21.4. The number of halogens is 2. The number of thiocarbonyl (C=S) groups is 1. The molecule has 0 aliphatic carbocycles. The number of benzene rings is 2. The van der Waals surface area contributed by atoms with Crippen LogP contribution in [-0.2, 0) is 17.8 Å². The average Bonchev–Trinajstić information content (AvgIpc) is 3.54. The van der Waals surface area contributed by atoms with E-state index in [0.717, 1.165) is 79.5 Å². The van der Waals surface area contributed by atoms with Gasteiger partial charge in [0.2, 0.25) is 0 Å². The number of carbonyl (C=O) groups excluding carboxylic acids is 3. The Hall–Kier alpha value is -7.40.